The molecule has 0 aliphatic rings. The van der Waals surface area contributed by atoms with Gasteiger partial charge in [-0.1, -0.05) is 323 Å². The molecule has 6 heteroatoms. The summed E-state index contributed by atoms with van der Waals surface area (Å²) in [6.45, 7) is 6.72. The van der Waals surface area contributed by atoms with Crippen LogP contribution in [0.5, 0.6) is 0 Å². The number of rotatable bonds is 58. The number of ether oxygens (including phenoxy) is 3. The number of unbranched alkanes of at least 4 members (excludes halogenated alkanes) is 47. The molecule has 0 saturated carbocycles. The average Bonchev–Trinajstić information content (AvgIpc) is 3.34. The summed E-state index contributed by atoms with van der Waals surface area (Å²) < 4.78 is 16.9. The van der Waals surface area contributed by atoms with Crippen LogP contribution in [0.1, 0.15) is 361 Å². The molecule has 404 valence electrons. The van der Waals surface area contributed by atoms with Gasteiger partial charge in [0.1, 0.15) is 13.2 Å². The van der Waals surface area contributed by atoms with E-state index >= 15 is 0 Å². The number of carbonyl (C=O) groups excluding carboxylic acids is 3. The van der Waals surface area contributed by atoms with Gasteiger partial charge in [-0.05, 0) is 19.3 Å². The fraction of sp³-hybridized carbons (Fsp3) is 0.952. The standard InChI is InChI=1S/C62H120O6/c1-4-7-10-13-16-19-22-25-28-30-31-33-35-38-41-44-47-50-53-56-62(65)68-59(57-66-60(63)54-51-48-45-42-39-36-27-24-21-18-15-12-9-6-3)58-67-61(64)55-52-49-46-43-40-37-34-32-29-26-23-20-17-14-11-8-5-2/h59H,4-58H2,1-3H3/t59-/m1/s1. The Labute approximate surface area is 425 Å². The molecule has 0 saturated heterocycles. The van der Waals surface area contributed by atoms with Crippen LogP contribution < -0.4 is 0 Å². The molecule has 6 nitrogen and oxygen atoms in total. The molecule has 0 N–H and O–H groups in total. The molecule has 0 radical (unpaired) electrons. The van der Waals surface area contributed by atoms with Crippen LogP contribution in [0, 0.1) is 0 Å². The Bertz CT molecular complexity index is 1010. The molecule has 1 atom stereocenters. The Kier molecular flexibility index (Phi) is 56.6. The molecule has 68 heavy (non-hydrogen) atoms. The second-order valence-electron chi connectivity index (χ2n) is 21.3. The predicted octanol–water partition coefficient (Wildman–Crippen LogP) is 20.7. The van der Waals surface area contributed by atoms with Gasteiger partial charge in [-0.25, -0.2) is 0 Å². The van der Waals surface area contributed by atoms with Gasteiger partial charge in [-0.3, -0.25) is 14.4 Å². The Hall–Kier alpha value is -1.59. The summed E-state index contributed by atoms with van der Waals surface area (Å²) in [6.07, 6.45) is 65.3. The molecular formula is C62H120O6. The summed E-state index contributed by atoms with van der Waals surface area (Å²) in [5, 5.41) is 0. The van der Waals surface area contributed by atoms with Crippen molar-refractivity contribution in [3.8, 4) is 0 Å². The van der Waals surface area contributed by atoms with E-state index in [-0.39, 0.29) is 31.1 Å². The largest absolute Gasteiger partial charge is 0.462 e. The minimum absolute atomic E-state index is 0.0607. The first-order valence-electron chi connectivity index (χ1n) is 31.0. The first-order chi connectivity index (χ1) is 33.5. The van der Waals surface area contributed by atoms with Gasteiger partial charge in [0.05, 0.1) is 0 Å². The third kappa shape index (κ3) is 55.3. The number of carbonyl (C=O) groups is 3. The summed E-state index contributed by atoms with van der Waals surface area (Å²) in [5.41, 5.74) is 0. The highest BCUT2D eigenvalue weighted by Gasteiger charge is 2.19. The summed E-state index contributed by atoms with van der Waals surface area (Å²) in [4.78, 5) is 38.2. The fourth-order valence-electron chi connectivity index (χ4n) is 9.68. The Balaban J connectivity index is 4.27. The fourth-order valence-corrected chi connectivity index (χ4v) is 9.68. The molecule has 0 aromatic carbocycles. The normalized spacial score (nSPS) is 11.9. The predicted molar refractivity (Wildman–Crippen MR) is 294 cm³/mol. The molecule has 0 unspecified atom stereocenters. The van der Waals surface area contributed by atoms with Crippen LogP contribution in [0.15, 0.2) is 0 Å². The van der Waals surface area contributed by atoms with E-state index in [0.717, 1.165) is 57.8 Å². The summed E-state index contributed by atoms with van der Waals surface area (Å²) in [7, 11) is 0. The van der Waals surface area contributed by atoms with Crippen LogP contribution in [0.3, 0.4) is 0 Å². The first kappa shape index (κ1) is 66.4. The van der Waals surface area contributed by atoms with Crippen LogP contribution in [0.25, 0.3) is 0 Å². The number of hydrogen-bond donors (Lipinski definition) is 0. The molecule has 0 amide bonds. The van der Waals surface area contributed by atoms with E-state index in [1.807, 2.05) is 0 Å². The first-order valence-corrected chi connectivity index (χ1v) is 31.0. The summed E-state index contributed by atoms with van der Waals surface area (Å²) >= 11 is 0. The third-order valence-electron chi connectivity index (χ3n) is 14.4. The van der Waals surface area contributed by atoms with Crippen molar-refractivity contribution in [3.05, 3.63) is 0 Å². The van der Waals surface area contributed by atoms with E-state index in [2.05, 4.69) is 20.8 Å². The van der Waals surface area contributed by atoms with E-state index < -0.39 is 6.10 Å². The second-order valence-corrected chi connectivity index (χ2v) is 21.3. The zero-order valence-corrected chi connectivity index (χ0v) is 46.4. The molecule has 0 heterocycles. The van der Waals surface area contributed by atoms with Crippen molar-refractivity contribution in [3.63, 3.8) is 0 Å². The quantitative estimate of drug-likeness (QED) is 0.0343. The maximum Gasteiger partial charge on any atom is 0.306 e. The number of hydrogen-bond acceptors (Lipinski definition) is 6. The van der Waals surface area contributed by atoms with Crippen LogP contribution in [-0.4, -0.2) is 37.2 Å². The monoisotopic (exact) mass is 961 g/mol. The van der Waals surface area contributed by atoms with Gasteiger partial charge in [-0.2, -0.15) is 0 Å². The molecule has 0 rings (SSSR count). The zero-order valence-electron chi connectivity index (χ0n) is 46.4. The highest BCUT2D eigenvalue weighted by molar-refractivity contribution is 5.71. The Morgan fingerprint density at radius 1 is 0.235 bits per heavy atom. The molecule has 0 aliphatic carbocycles. The molecule has 0 spiro atoms. The van der Waals surface area contributed by atoms with Gasteiger partial charge >= 0.3 is 17.9 Å². The maximum absolute atomic E-state index is 12.9. The van der Waals surface area contributed by atoms with Gasteiger partial charge in [0.2, 0.25) is 0 Å². The molecule has 0 aliphatic heterocycles. The lowest BCUT2D eigenvalue weighted by atomic mass is 10.0. The van der Waals surface area contributed by atoms with E-state index in [9.17, 15) is 14.4 Å². The van der Waals surface area contributed by atoms with Crippen molar-refractivity contribution in [2.45, 2.75) is 367 Å². The van der Waals surface area contributed by atoms with Crippen LogP contribution in [0.4, 0.5) is 0 Å². The van der Waals surface area contributed by atoms with Crippen molar-refractivity contribution in [1.82, 2.24) is 0 Å². The topological polar surface area (TPSA) is 78.9 Å². The van der Waals surface area contributed by atoms with Gasteiger partial charge in [0.15, 0.2) is 6.10 Å². The minimum Gasteiger partial charge on any atom is -0.462 e. The average molecular weight is 962 g/mol. The SMILES string of the molecule is CCCCCCCCCCCCCCCCCCCCCC(=O)O[C@H](COC(=O)CCCCCCCCCCCCCCCC)COC(=O)CCCCCCCCCCCCCCCCCCC. The van der Waals surface area contributed by atoms with Crippen LogP contribution in [-0.2, 0) is 28.6 Å². The van der Waals surface area contributed by atoms with Crippen molar-refractivity contribution in [1.29, 1.82) is 0 Å². The molecule has 0 aromatic heterocycles. The van der Waals surface area contributed by atoms with Crippen molar-refractivity contribution < 1.29 is 28.6 Å². The van der Waals surface area contributed by atoms with E-state index in [4.69, 9.17) is 14.2 Å². The van der Waals surface area contributed by atoms with Crippen molar-refractivity contribution in [2.75, 3.05) is 13.2 Å². The molecular weight excluding hydrogens is 841 g/mol. The smallest absolute Gasteiger partial charge is 0.306 e. The molecule has 0 bridgehead atoms. The van der Waals surface area contributed by atoms with Crippen molar-refractivity contribution in [2.24, 2.45) is 0 Å². The summed E-state index contributed by atoms with van der Waals surface area (Å²) in [6, 6.07) is 0. The van der Waals surface area contributed by atoms with E-state index in [1.54, 1.807) is 0 Å². The molecule has 0 aromatic rings. The second kappa shape index (κ2) is 58.0. The van der Waals surface area contributed by atoms with Crippen LogP contribution in [0.2, 0.25) is 0 Å². The van der Waals surface area contributed by atoms with E-state index in [1.165, 1.54) is 263 Å². The van der Waals surface area contributed by atoms with E-state index in [0.29, 0.717) is 19.3 Å². The minimum atomic E-state index is -0.761. The number of esters is 3. The highest BCUT2D eigenvalue weighted by atomic mass is 16.6. The third-order valence-corrected chi connectivity index (χ3v) is 14.4. The highest BCUT2D eigenvalue weighted by Crippen LogP contribution is 2.18. The van der Waals surface area contributed by atoms with Gasteiger partial charge in [0.25, 0.3) is 0 Å². The zero-order chi connectivity index (χ0) is 49.3. The lowest BCUT2D eigenvalue weighted by molar-refractivity contribution is -0.167. The van der Waals surface area contributed by atoms with Gasteiger partial charge in [0, 0.05) is 19.3 Å². The summed E-state index contributed by atoms with van der Waals surface area (Å²) in [5.74, 6) is -0.827. The van der Waals surface area contributed by atoms with Gasteiger partial charge < -0.3 is 14.2 Å². The Morgan fingerprint density at radius 2 is 0.397 bits per heavy atom. The van der Waals surface area contributed by atoms with Crippen LogP contribution >= 0.6 is 0 Å². The Morgan fingerprint density at radius 3 is 0.588 bits per heavy atom. The lowest BCUT2D eigenvalue weighted by Gasteiger charge is -2.18. The lowest BCUT2D eigenvalue weighted by Crippen LogP contribution is -2.30. The van der Waals surface area contributed by atoms with Gasteiger partial charge in [-0.15, -0.1) is 0 Å². The maximum atomic E-state index is 12.9. The van der Waals surface area contributed by atoms with Crippen molar-refractivity contribution >= 4 is 17.9 Å². The molecule has 0 fully saturated rings.